The fourth-order valence-electron chi connectivity index (χ4n) is 1.20. The van der Waals surface area contributed by atoms with Crippen molar-refractivity contribution in [2.45, 2.75) is 19.9 Å². The molecule has 0 aliphatic heterocycles. The maximum Gasteiger partial charge on any atom is 0.332 e. The Balaban J connectivity index is 2.93. The van der Waals surface area contributed by atoms with E-state index in [1.165, 1.54) is 19.1 Å². The highest BCUT2D eigenvalue weighted by molar-refractivity contribution is 5.75. The molecule has 0 amide bonds. The van der Waals surface area contributed by atoms with Crippen molar-refractivity contribution < 1.29 is 19.6 Å². The number of nitrogens with zero attached hydrogens (tertiary/aromatic N) is 3. The van der Waals surface area contributed by atoms with Gasteiger partial charge in [0.15, 0.2) is 11.7 Å². The van der Waals surface area contributed by atoms with Crippen molar-refractivity contribution in [3.63, 3.8) is 0 Å². The molecule has 0 fully saturated rings. The molecular weight excluding hydrogens is 254 g/mol. The van der Waals surface area contributed by atoms with Crippen molar-refractivity contribution >= 4 is 17.3 Å². The van der Waals surface area contributed by atoms with Crippen LogP contribution < -0.4 is 0 Å². The molecule has 0 heterocycles. The maximum atomic E-state index is 11.3. The molecule has 1 aromatic rings. The van der Waals surface area contributed by atoms with Crippen LogP contribution in [0.1, 0.15) is 13.8 Å². The summed E-state index contributed by atoms with van der Waals surface area (Å²) in [4.78, 5) is 21.4. The van der Waals surface area contributed by atoms with E-state index in [2.05, 4.69) is 10.2 Å². The Morgan fingerprint density at radius 2 is 2.26 bits per heavy atom. The predicted molar refractivity (Wildman–Crippen MR) is 65.4 cm³/mol. The lowest BCUT2D eigenvalue weighted by molar-refractivity contribution is -0.384. The molecule has 1 atom stereocenters. The number of aromatic hydroxyl groups is 1. The van der Waals surface area contributed by atoms with Gasteiger partial charge in [-0.1, -0.05) is 0 Å². The summed E-state index contributed by atoms with van der Waals surface area (Å²) in [5.74, 6) is -0.809. The van der Waals surface area contributed by atoms with Crippen molar-refractivity contribution in [1.29, 1.82) is 0 Å². The number of ether oxygens (including phenoxy) is 1. The zero-order valence-electron chi connectivity index (χ0n) is 10.4. The lowest BCUT2D eigenvalue weighted by Crippen LogP contribution is -2.17. The van der Waals surface area contributed by atoms with E-state index in [1.807, 2.05) is 0 Å². The fourth-order valence-corrected chi connectivity index (χ4v) is 1.20. The van der Waals surface area contributed by atoms with E-state index >= 15 is 0 Å². The van der Waals surface area contributed by atoms with Gasteiger partial charge in [-0.2, -0.15) is 5.11 Å². The topological polar surface area (TPSA) is 114 Å². The molecule has 0 saturated heterocycles. The monoisotopic (exact) mass is 267 g/mol. The number of carbonyl (C=O) groups is 1. The lowest BCUT2D eigenvalue weighted by atomic mass is 10.2. The van der Waals surface area contributed by atoms with Gasteiger partial charge in [0.1, 0.15) is 5.75 Å². The number of benzene rings is 1. The van der Waals surface area contributed by atoms with E-state index in [4.69, 9.17) is 4.74 Å². The molecule has 1 unspecified atom stereocenters. The Bertz CT molecular complexity index is 515. The van der Waals surface area contributed by atoms with Crippen LogP contribution in [0.5, 0.6) is 5.75 Å². The van der Waals surface area contributed by atoms with Crippen LogP contribution >= 0.6 is 0 Å². The molecule has 102 valence electrons. The number of phenols is 1. The first-order chi connectivity index (χ1) is 8.95. The Labute approximate surface area is 108 Å². The fraction of sp³-hybridized carbons (Fsp3) is 0.364. The molecule has 19 heavy (non-hydrogen) atoms. The van der Waals surface area contributed by atoms with Crippen LogP contribution in [-0.4, -0.2) is 28.6 Å². The highest BCUT2D eigenvalue weighted by Gasteiger charge is 2.16. The zero-order valence-corrected chi connectivity index (χ0v) is 10.4. The molecule has 0 radical (unpaired) electrons. The third-order valence-corrected chi connectivity index (χ3v) is 2.12. The summed E-state index contributed by atoms with van der Waals surface area (Å²) in [5, 5.41) is 27.2. The number of rotatable bonds is 5. The highest BCUT2D eigenvalue weighted by Crippen LogP contribution is 2.31. The maximum absolute atomic E-state index is 11.3. The average Bonchev–Trinajstić information content (AvgIpc) is 2.36. The molecule has 0 bridgehead atoms. The number of esters is 1. The molecule has 1 N–H and O–H groups in total. The summed E-state index contributed by atoms with van der Waals surface area (Å²) in [6.45, 7) is 3.35. The summed E-state index contributed by atoms with van der Waals surface area (Å²) in [7, 11) is 0. The smallest absolute Gasteiger partial charge is 0.332 e. The molecule has 0 aliphatic carbocycles. The second kappa shape index (κ2) is 6.43. The van der Waals surface area contributed by atoms with Crippen molar-refractivity contribution in [2.75, 3.05) is 6.61 Å². The first kappa shape index (κ1) is 14.6. The van der Waals surface area contributed by atoms with Crippen LogP contribution in [0.4, 0.5) is 11.4 Å². The predicted octanol–water partition coefficient (Wildman–Crippen LogP) is 2.34. The van der Waals surface area contributed by atoms with Gasteiger partial charge in [-0.15, -0.1) is 5.11 Å². The van der Waals surface area contributed by atoms with Gasteiger partial charge in [0, 0.05) is 0 Å². The summed E-state index contributed by atoms with van der Waals surface area (Å²) in [6.07, 6.45) is 0. The van der Waals surface area contributed by atoms with Gasteiger partial charge in [-0.25, -0.2) is 4.79 Å². The van der Waals surface area contributed by atoms with Crippen molar-refractivity contribution in [1.82, 2.24) is 0 Å². The molecule has 0 aliphatic rings. The lowest BCUT2D eigenvalue weighted by Gasteiger charge is -2.04. The second-order valence-corrected chi connectivity index (χ2v) is 3.57. The molecule has 0 saturated carbocycles. The van der Waals surface area contributed by atoms with Gasteiger partial charge in [-0.3, -0.25) is 10.1 Å². The summed E-state index contributed by atoms with van der Waals surface area (Å²) < 4.78 is 4.72. The van der Waals surface area contributed by atoms with Crippen LogP contribution in [0.25, 0.3) is 0 Å². The minimum absolute atomic E-state index is 0.0426. The molecule has 0 aromatic heterocycles. The van der Waals surface area contributed by atoms with Crippen LogP contribution in [0.3, 0.4) is 0 Å². The number of carbonyl (C=O) groups excluding carboxylic acids is 1. The molecule has 1 aromatic carbocycles. The summed E-state index contributed by atoms with van der Waals surface area (Å²) in [6, 6.07) is 2.60. The molecule has 1 rings (SSSR count). The van der Waals surface area contributed by atoms with E-state index in [0.29, 0.717) is 0 Å². The minimum Gasteiger partial charge on any atom is -0.508 e. The van der Waals surface area contributed by atoms with Crippen LogP contribution in [-0.2, 0) is 9.53 Å². The van der Waals surface area contributed by atoms with E-state index in [-0.39, 0.29) is 23.7 Å². The van der Waals surface area contributed by atoms with E-state index in [9.17, 15) is 20.0 Å². The number of nitro groups is 1. The molecule has 0 spiro atoms. The van der Waals surface area contributed by atoms with Crippen LogP contribution in [0.15, 0.2) is 28.4 Å². The number of azo groups is 1. The van der Waals surface area contributed by atoms with Crippen molar-refractivity contribution in [2.24, 2.45) is 10.2 Å². The van der Waals surface area contributed by atoms with Crippen molar-refractivity contribution in [3.05, 3.63) is 28.3 Å². The van der Waals surface area contributed by atoms with Gasteiger partial charge in [-0.05, 0) is 26.0 Å². The van der Waals surface area contributed by atoms with E-state index in [1.54, 1.807) is 6.92 Å². The van der Waals surface area contributed by atoms with Gasteiger partial charge < -0.3 is 9.84 Å². The first-order valence-corrected chi connectivity index (χ1v) is 5.50. The van der Waals surface area contributed by atoms with Gasteiger partial charge in [0.2, 0.25) is 0 Å². The number of phenolic OH excluding ortho intramolecular Hbond substituents is 1. The van der Waals surface area contributed by atoms with E-state index in [0.717, 1.165) is 6.07 Å². The zero-order chi connectivity index (χ0) is 14.4. The molecular formula is C11H13N3O5. The quantitative estimate of drug-likeness (QED) is 0.380. The van der Waals surface area contributed by atoms with Gasteiger partial charge in [0.25, 0.3) is 5.69 Å². The standard InChI is InChI=1S/C11H13N3O5/c1-3-19-11(16)7(2)12-13-9-5-4-8(15)6-10(9)14(17)18/h4-7,15H,3H2,1-2H3. The summed E-state index contributed by atoms with van der Waals surface area (Å²) >= 11 is 0. The third-order valence-electron chi connectivity index (χ3n) is 2.12. The Kier molecular flexibility index (Phi) is 4.92. The number of nitro benzene ring substituents is 1. The Hall–Kier alpha value is -2.51. The molecule has 8 heteroatoms. The Morgan fingerprint density at radius 1 is 1.58 bits per heavy atom. The van der Waals surface area contributed by atoms with E-state index < -0.39 is 16.9 Å². The largest absolute Gasteiger partial charge is 0.508 e. The number of hydrogen-bond acceptors (Lipinski definition) is 7. The minimum atomic E-state index is -0.853. The molecule has 8 nitrogen and oxygen atoms in total. The van der Waals surface area contributed by atoms with Gasteiger partial charge in [0.05, 0.1) is 17.6 Å². The SMILES string of the molecule is CCOC(=O)C(C)N=Nc1ccc(O)cc1[N+](=O)[O-]. The summed E-state index contributed by atoms with van der Waals surface area (Å²) in [5.41, 5.74) is -0.432. The third kappa shape index (κ3) is 4.02. The van der Waals surface area contributed by atoms with Crippen LogP contribution in [0, 0.1) is 10.1 Å². The Morgan fingerprint density at radius 3 is 2.84 bits per heavy atom. The number of hydrogen-bond donors (Lipinski definition) is 1. The average molecular weight is 267 g/mol. The van der Waals surface area contributed by atoms with Crippen molar-refractivity contribution in [3.8, 4) is 5.75 Å². The second-order valence-electron chi connectivity index (χ2n) is 3.57. The highest BCUT2D eigenvalue weighted by atomic mass is 16.6. The first-order valence-electron chi connectivity index (χ1n) is 5.50. The van der Waals surface area contributed by atoms with Gasteiger partial charge >= 0.3 is 5.97 Å². The van der Waals surface area contributed by atoms with Crippen LogP contribution in [0.2, 0.25) is 0 Å². The normalized spacial score (nSPS) is 12.3.